The van der Waals surface area contributed by atoms with Crippen molar-refractivity contribution in [3.05, 3.63) is 81.0 Å². The number of hydrogen-bond donors (Lipinski definition) is 5. The Kier molecular flexibility index (Phi) is 6.16. The molecule has 0 atom stereocenters. The van der Waals surface area contributed by atoms with Gasteiger partial charge in [-0.15, -0.1) is 0 Å². The molecule has 12 nitrogen and oxygen atoms in total. The molecular formula is C21H14ClFN6O6. The molecular weight excluding hydrogens is 487 g/mol. The molecule has 0 unspecified atom stereocenters. The van der Waals surface area contributed by atoms with E-state index in [9.17, 15) is 23.6 Å². The summed E-state index contributed by atoms with van der Waals surface area (Å²) in [7, 11) is 0. The van der Waals surface area contributed by atoms with E-state index < -0.39 is 35.0 Å². The van der Waals surface area contributed by atoms with Crippen LogP contribution in [0.15, 0.2) is 47.7 Å². The molecule has 4 aromatic rings. The molecule has 178 valence electrons. The van der Waals surface area contributed by atoms with Crippen LogP contribution in [0.4, 0.5) is 14.9 Å². The number of benzene rings is 2. The van der Waals surface area contributed by atoms with Gasteiger partial charge in [0.1, 0.15) is 5.82 Å². The van der Waals surface area contributed by atoms with E-state index in [4.69, 9.17) is 21.8 Å². The highest BCUT2D eigenvalue weighted by atomic mass is 35.5. The summed E-state index contributed by atoms with van der Waals surface area (Å²) < 4.78 is 15.5. The van der Waals surface area contributed by atoms with E-state index in [2.05, 4.69) is 25.6 Å². The topological polar surface area (TPSA) is 179 Å². The van der Waals surface area contributed by atoms with Crippen LogP contribution in [0.2, 0.25) is 5.02 Å². The van der Waals surface area contributed by atoms with Gasteiger partial charge in [-0.2, -0.15) is 0 Å². The van der Waals surface area contributed by atoms with E-state index >= 15 is 0 Å². The van der Waals surface area contributed by atoms with Crippen LogP contribution < -0.4 is 16.2 Å². The number of halogens is 2. The number of carbonyl (C=O) groups excluding carboxylic acids is 1. The average Bonchev–Trinajstić information content (AvgIpc) is 3.26. The lowest BCUT2D eigenvalue weighted by Crippen LogP contribution is -2.28. The number of urea groups is 1. The van der Waals surface area contributed by atoms with E-state index in [1.54, 1.807) is 6.20 Å². The Labute approximate surface area is 199 Å². The Morgan fingerprint density at radius 1 is 1.14 bits per heavy atom. The number of fused-ring (bicyclic) bond motifs is 1. The zero-order valence-corrected chi connectivity index (χ0v) is 18.1. The molecule has 35 heavy (non-hydrogen) atoms. The number of rotatable bonds is 6. The van der Waals surface area contributed by atoms with E-state index in [-0.39, 0.29) is 33.9 Å². The Balaban J connectivity index is 1.48. The van der Waals surface area contributed by atoms with Crippen LogP contribution >= 0.6 is 11.6 Å². The number of anilines is 1. The number of hydrogen-bond acceptors (Lipinski definition) is 6. The predicted octanol–water partition coefficient (Wildman–Crippen LogP) is 2.62. The second-order valence-electron chi connectivity index (χ2n) is 7.12. The van der Waals surface area contributed by atoms with Crippen LogP contribution in [0.25, 0.3) is 16.7 Å². The first-order valence-corrected chi connectivity index (χ1v) is 10.1. The van der Waals surface area contributed by atoms with Crippen molar-refractivity contribution in [2.75, 3.05) is 5.32 Å². The van der Waals surface area contributed by atoms with Gasteiger partial charge in [-0.25, -0.2) is 28.7 Å². The molecule has 2 heterocycles. The van der Waals surface area contributed by atoms with Crippen molar-refractivity contribution in [3.8, 4) is 5.69 Å². The van der Waals surface area contributed by atoms with Crippen LogP contribution in [-0.2, 0) is 6.54 Å². The number of carbonyl (C=O) groups is 3. The summed E-state index contributed by atoms with van der Waals surface area (Å²) in [5, 5.41) is 23.0. The summed E-state index contributed by atoms with van der Waals surface area (Å²) >= 11 is 6.30. The maximum atomic E-state index is 14.0. The lowest BCUT2D eigenvalue weighted by molar-refractivity contribution is 0.0681. The Bertz CT molecular complexity index is 1570. The molecule has 0 radical (unpaired) electrons. The summed E-state index contributed by atoms with van der Waals surface area (Å²) in [5.41, 5.74) is -0.764. The van der Waals surface area contributed by atoms with Gasteiger partial charge in [0, 0.05) is 6.20 Å². The molecule has 2 amide bonds. The van der Waals surface area contributed by atoms with Crippen LogP contribution in [0, 0.1) is 5.82 Å². The summed E-state index contributed by atoms with van der Waals surface area (Å²) in [4.78, 5) is 56.4. The first-order chi connectivity index (χ1) is 16.6. The number of carboxylic acids is 2. The van der Waals surface area contributed by atoms with E-state index in [1.807, 2.05) is 0 Å². The number of H-pyrrole nitrogens is 1. The lowest BCUT2D eigenvalue weighted by Gasteiger charge is -2.08. The fourth-order valence-corrected chi connectivity index (χ4v) is 3.37. The third-order valence-electron chi connectivity index (χ3n) is 4.77. The number of imidazole rings is 1. The molecule has 14 heteroatoms. The predicted molar refractivity (Wildman–Crippen MR) is 121 cm³/mol. The molecule has 0 aliphatic rings. The SMILES string of the molecule is O=C(NCc1cn(-c2cc3nc(C(=O)O)c(=O)[nH]c3cc2Cl)cn1)Nc1ccc(C(=O)O)cc1F. The third-order valence-corrected chi connectivity index (χ3v) is 5.07. The highest BCUT2D eigenvalue weighted by molar-refractivity contribution is 6.33. The van der Waals surface area contributed by atoms with Crippen LogP contribution in [0.3, 0.4) is 0 Å². The highest BCUT2D eigenvalue weighted by Crippen LogP contribution is 2.25. The Hall–Kier alpha value is -4.78. The number of aromatic carboxylic acids is 2. The lowest BCUT2D eigenvalue weighted by atomic mass is 10.2. The molecule has 0 saturated carbocycles. The molecule has 2 aromatic carbocycles. The van der Waals surface area contributed by atoms with Gasteiger partial charge < -0.3 is 30.4 Å². The van der Waals surface area contributed by atoms with Gasteiger partial charge >= 0.3 is 18.0 Å². The molecule has 0 aliphatic carbocycles. The van der Waals surface area contributed by atoms with Crippen molar-refractivity contribution in [1.82, 2.24) is 24.8 Å². The largest absolute Gasteiger partial charge is 0.478 e. The van der Waals surface area contributed by atoms with Crippen molar-refractivity contribution < 1.29 is 29.0 Å². The molecule has 0 spiro atoms. The summed E-state index contributed by atoms with van der Waals surface area (Å²) in [6, 6.07) is 5.21. The molecule has 0 saturated heterocycles. The molecule has 4 rings (SSSR count). The zero-order chi connectivity index (χ0) is 25.3. The monoisotopic (exact) mass is 500 g/mol. The number of amides is 2. The van der Waals surface area contributed by atoms with Gasteiger partial charge in [-0.05, 0) is 30.3 Å². The van der Waals surface area contributed by atoms with Crippen LogP contribution in [0.1, 0.15) is 26.5 Å². The normalized spacial score (nSPS) is 10.8. The van der Waals surface area contributed by atoms with Gasteiger partial charge in [0.2, 0.25) is 5.69 Å². The number of aromatic amines is 1. The maximum Gasteiger partial charge on any atom is 0.360 e. The number of nitrogens with zero attached hydrogens (tertiary/aromatic N) is 3. The minimum atomic E-state index is -1.48. The first kappa shape index (κ1) is 23.4. The van der Waals surface area contributed by atoms with Gasteiger partial charge in [-0.1, -0.05) is 11.6 Å². The van der Waals surface area contributed by atoms with Crippen LogP contribution in [-0.4, -0.2) is 47.7 Å². The molecule has 0 fully saturated rings. The van der Waals surface area contributed by atoms with Crippen molar-refractivity contribution in [1.29, 1.82) is 0 Å². The third kappa shape index (κ3) is 4.94. The molecule has 0 bridgehead atoms. The standard InChI is InChI=1S/C21H14ClFN6O6/c22-11-4-14-15(26-17(20(33)34)18(30)27-14)5-16(11)29-7-10(25-8-29)6-24-21(35)28-13-2-1-9(19(31)32)3-12(13)23/h1-5,7-8H,6H2,(H,27,30)(H,31,32)(H,33,34)(H2,24,28,35). The van der Waals surface area contributed by atoms with Gasteiger partial charge in [-0.3, -0.25) is 4.79 Å². The molecule has 0 aliphatic heterocycles. The van der Waals surface area contributed by atoms with Crippen LogP contribution in [0.5, 0.6) is 0 Å². The van der Waals surface area contributed by atoms with Gasteiger partial charge in [0.15, 0.2) is 0 Å². The summed E-state index contributed by atoms with van der Waals surface area (Å²) in [6.45, 7) is -0.0480. The molecule has 2 aromatic heterocycles. The summed E-state index contributed by atoms with van der Waals surface area (Å²) in [5.74, 6) is -3.68. The van der Waals surface area contributed by atoms with Crippen molar-refractivity contribution in [3.63, 3.8) is 0 Å². The minimum Gasteiger partial charge on any atom is -0.478 e. The quantitative estimate of drug-likeness (QED) is 0.268. The highest BCUT2D eigenvalue weighted by Gasteiger charge is 2.15. The fourth-order valence-electron chi connectivity index (χ4n) is 3.11. The average molecular weight is 501 g/mol. The van der Waals surface area contributed by atoms with Gasteiger partial charge in [0.25, 0.3) is 5.56 Å². The number of carboxylic acid groups (broad SMARTS) is 2. The van der Waals surface area contributed by atoms with Crippen molar-refractivity contribution in [2.45, 2.75) is 6.54 Å². The number of aromatic nitrogens is 4. The van der Waals surface area contributed by atoms with E-state index in [0.717, 1.165) is 18.2 Å². The second kappa shape index (κ2) is 9.23. The van der Waals surface area contributed by atoms with E-state index in [0.29, 0.717) is 11.4 Å². The second-order valence-corrected chi connectivity index (χ2v) is 7.53. The van der Waals surface area contributed by atoms with Crippen molar-refractivity contribution >= 4 is 46.3 Å². The Morgan fingerprint density at radius 3 is 2.60 bits per heavy atom. The van der Waals surface area contributed by atoms with Crippen molar-refractivity contribution in [2.24, 2.45) is 0 Å². The first-order valence-electron chi connectivity index (χ1n) is 9.70. The minimum absolute atomic E-state index is 0.0480. The van der Waals surface area contributed by atoms with E-state index in [1.165, 1.54) is 23.0 Å². The van der Waals surface area contributed by atoms with Gasteiger partial charge in [0.05, 0.1) is 51.6 Å². The zero-order valence-electron chi connectivity index (χ0n) is 17.4. The maximum absolute atomic E-state index is 14.0. The number of nitrogens with one attached hydrogen (secondary N) is 3. The summed E-state index contributed by atoms with van der Waals surface area (Å²) in [6.07, 6.45) is 2.94. The fraction of sp³-hybridized carbons (Fsp3) is 0.0476. The molecule has 5 N–H and O–H groups in total. The Morgan fingerprint density at radius 2 is 1.91 bits per heavy atom. The smallest absolute Gasteiger partial charge is 0.360 e.